The first kappa shape index (κ1) is 12.4. The van der Waals surface area contributed by atoms with E-state index in [4.69, 9.17) is 0 Å². The van der Waals surface area contributed by atoms with Crippen molar-refractivity contribution in [3.05, 3.63) is 0 Å². The van der Waals surface area contributed by atoms with Gasteiger partial charge in [-0.25, -0.2) is 0 Å². The molecule has 0 aliphatic heterocycles. The quantitative estimate of drug-likeness (QED) is 0.653. The first-order chi connectivity index (χ1) is 6.93. The Morgan fingerprint density at radius 3 is 2.57 bits per heavy atom. The molecule has 2 heteroatoms. The van der Waals surface area contributed by atoms with Crippen molar-refractivity contribution in [2.75, 3.05) is 18.6 Å². The van der Waals surface area contributed by atoms with Crippen molar-refractivity contribution in [3.8, 4) is 0 Å². The van der Waals surface area contributed by atoms with E-state index in [1.54, 1.807) is 0 Å². The van der Waals surface area contributed by atoms with Crippen molar-refractivity contribution in [2.45, 2.75) is 57.4 Å². The molecule has 1 N–H and O–H groups in total. The van der Waals surface area contributed by atoms with Gasteiger partial charge in [0.15, 0.2) is 0 Å². The van der Waals surface area contributed by atoms with Gasteiger partial charge in [0.1, 0.15) is 0 Å². The van der Waals surface area contributed by atoms with Crippen LogP contribution < -0.4 is 5.32 Å². The molecule has 14 heavy (non-hydrogen) atoms. The Morgan fingerprint density at radius 1 is 1.07 bits per heavy atom. The molecule has 0 saturated heterocycles. The van der Waals surface area contributed by atoms with Crippen LogP contribution in [0.3, 0.4) is 0 Å². The zero-order valence-electron chi connectivity index (χ0n) is 9.56. The molecular weight excluding hydrogens is 190 g/mol. The van der Waals surface area contributed by atoms with E-state index in [-0.39, 0.29) is 0 Å². The van der Waals surface area contributed by atoms with Gasteiger partial charge in [-0.3, -0.25) is 0 Å². The van der Waals surface area contributed by atoms with Crippen LogP contribution >= 0.6 is 11.8 Å². The molecule has 0 bridgehead atoms. The molecule has 84 valence electrons. The van der Waals surface area contributed by atoms with Gasteiger partial charge < -0.3 is 5.32 Å². The van der Waals surface area contributed by atoms with Crippen molar-refractivity contribution in [1.29, 1.82) is 0 Å². The van der Waals surface area contributed by atoms with E-state index in [9.17, 15) is 0 Å². The van der Waals surface area contributed by atoms with Crippen LogP contribution in [0.2, 0.25) is 0 Å². The Kier molecular flexibility index (Phi) is 7.61. The predicted molar refractivity (Wildman–Crippen MR) is 67.1 cm³/mol. The maximum Gasteiger partial charge on any atom is 0.00670 e. The molecular formula is C12H25NS. The number of hydrogen-bond donors (Lipinski definition) is 1. The van der Waals surface area contributed by atoms with E-state index in [1.165, 1.54) is 63.7 Å². The summed E-state index contributed by atoms with van der Waals surface area (Å²) in [6, 6.07) is 0.851. The van der Waals surface area contributed by atoms with Crippen LogP contribution in [-0.4, -0.2) is 24.6 Å². The number of rotatable bonds is 7. The zero-order valence-corrected chi connectivity index (χ0v) is 10.4. The van der Waals surface area contributed by atoms with E-state index in [0.29, 0.717) is 0 Å². The fourth-order valence-corrected chi connectivity index (χ4v) is 2.65. The van der Waals surface area contributed by atoms with E-state index in [1.807, 2.05) is 11.8 Å². The predicted octanol–water partition coefficient (Wildman–Crippen LogP) is 3.44. The molecule has 0 aromatic carbocycles. The van der Waals surface area contributed by atoms with E-state index < -0.39 is 0 Å². The Balaban J connectivity index is 1.82. The molecule has 0 heterocycles. The summed E-state index contributed by atoms with van der Waals surface area (Å²) >= 11 is 1.97. The Labute approximate surface area is 93.4 Å². The smallest absolute Gasteiger partial charge is 0.00670 e. The van der Waals surface area contributed by atoms with Crippen LogP contribution in [0.25, 0.3) is 0 Å². The van der Waals surface area contributed by atoms with E-state index >= 15 is 0 Å². The monoisotopic (exact) mass is 215 g/mol. The Hall–Kier alpha value is 0.310. The zero-order chi connectivity index (χ0) is 10.1. The molecule has 0 spiro atoms. The van der Waals surface area contributed by atoms with Crippen LogP contribution in [0.4, 0.5) is 0 Å². The maximum atomic E-state index is 3.69. The normalized spacial score (nSPS) is 18.6. The van der Waals surface area contributed by atoms with Gasteiger partial charge in [-0.05, 0) is 44.2 Å². The maximum absolute atomic E-state index is 3.69. The van der Waals surface area contributed by atoms with E-state index in [0.717, 1.165) is 6.04 Å². The molecule has 1 fully saturated rings. The lowest BCUT2D eigenvalue weighted by molar-refractivity contribution is 0.371. The highest BCUT2D eigenvalue weighted by Gasteiger charge is 2.11. The van der Waals surface area contributed by atoms with Gasteiger partial charge >= 0.3 is 0 Å². The Bertz CT molecular complexity index is 121. The average Bonchev–Trinajstić information content (AvgIpc) is 2.25. The summed E-state index contributed by atoms with van der Waals surface area (Å²) in [5, 5.41) is 3.69. The minimum absolute atomic E-state index is 0.851. The molecule has 0 atom stereocenters. The summed E-state index contributed by atoms with van der Waals surface area (Å²) in [6.07, 6.45) is 13.6. The van der Waals surface area contributed by atoms with Gasteiger partial charge in [0.25, 0.3) is 0 Å². The molecule has 0 radical (unpaired) electrons. The number of hydrogen-bond acceptors (Lipinski definition) is 2. The lowest BCUT2D eigenvalue weighted by atomic mass is 9.95. The number of thioether (sulfide) groups is 1. The molecule has 1 aliphatic carbocycles. The minimum Gasteiger partial charge on any atom is -0.314 e. The number of unbranched alkanes of at least 4 members (excludes halogenated alkanes) is 2. The summed E-state index contributed by atoms with van der Waals surface area (Å²) in [6.45, 7) is 1.25. The topological polar surface area (TPSA) is 12.0 Å². The van der Waals surface area contributed by atoms with Crippen molar-refractivity contribution >= 4 is 11.8 Å². The van der Waals surface area contributed by atoms with Gasteiger partial charge in [-0.2, -0.15) is 11.8 Å². The van der Waals surface area contributed by atoms with Crippen LogP contribution in [0, 0.1) is 0 Å². The summed E-state index contributed by atoms with van der Waals surface area (Å²) in [7, 11) is 0. The SMILES string of the molecule is CSCCCCCNC1CCCCC1. The van der Waals surface area contributed by atoms with Crippen LogP contribution in [-0.2, 0) is 0 Å². The molecule has 1 saturated carbocycles. The first-order valence-corrected chi connectivity index (χ1v) is 7.55. The molecule has 0 unspecified atom stereocenters. The summed E-state index contributed by atoms with van der Waals surface area (Å²) in [5.41, 5.74) is 0. The lowest BCUT2D eigenvalue weighted by Gasteiger charge is -2.22. The Morgan fingerprint density at radius 2 is 1.86 bits per heavy atom. The van der Waals surface area contributed by atoms with Gasteiger partial charge in [0.05, 0.1) is 0 Å². The third-order valence-corrected chi connectivity index (χ3v) is 3.76. The summed E-state index contributed by atoms with van der Waals surface area (Å²) in [4.78, 5) is 0. The van der Waals surface area contributed by atoms with E-state index in [2.05, 4.69) is 11.6 Å². The third kappa shape index (κ3) is 5.92. The fourth-order valence-electron chi connectivity index (χ4n) is 2.16. The van der Waals surface area contributed by atoms with Crippen LogP contribution in [0.5, 0.6) is 0 Å². The van der Waals surface area contributed by atoms with Crippen molar-refractivity contribution in [1.82, 2.24) is 5.32 Å². The third-order valence-electron chi connectivity index (χ3n) is 3.06. The largest absolute Gasteiger partial charge is 0.314 e. The summed E-state index contributed by atoms with van der Waals surface area (Å²) in [5.74, 6) is 1.34. The second kappa shape index (κ2) is 8.60. The molecule has 1 nitrogen and oxygen atoms in total. The lowest BCUT2D eigenvalue weighted by Crippen LogP contribution is -2.31. The fraction of sp³-hybridized carbons (Fsp3) is 1.00. The van der Waals surface area contributed by atoms with Gasteiger partial charge in [0.2, 0.25) is 0 Å². The average molecular weight is 215 g/mol. The van der Waals surface area contributed by atoms with Crippen LogP contribution in [0.15, 0.2) is 0 Å². The summed E-state index contributed by atoms with van der Waals surface area (Å²) < 4.78 is 0. The minimum atomic E-state index is 0.851. The highest BCUT2D eigenvalue weighted by molar-refractivity contribution is 7.98. The van der Waals surface area contributed by atoms with Gasteiger partial charge in [-0.1, -0.05) is 25.7 Å². The molecule has 1 rings (SSSR count). The molecule has 0 aromatic rings. The van der Waals surface area contributed by atoms with Gasteiger partial charge in [-0.15, -0.1) is 0 Å². The second-order valence-electron chi connectivity index (χ2n) is 4.34. The number of nitrogens with one attached hydrogen (secondary N) is 1. The highest BCUT2D eigenvalue weighted by atomic mass is 32.2. The molecule has 0 aromatic heterocycles. The highest BCUT2D eigenvalue weighted by Crippen LogP contribution is 2.17. The van der Waals surface area contributed by atoms with Crippen LogP contribution in [0.1, 0.15) is 51.4 Å². The second-order valence-corrected chi connectivity index (χ2v) is 5.33. The first-order valence-electron chi connectivity index (χ1n) is 6.16. The standard InChI is InChI=1S/C12H25NS/c1-14-11-7-3-6-10-13-12-8-4-2-5-9-12/h12-13H,2-11H2,1H3. The van der Waals surface area contributed by atoms with Crippen molar-refractivity contribution < 1.29 is 0 Å². The molecule has 1 aliphatic rings. The van der Waals surface area contributed by atoms with Gasteiger partial charge in [0, 0.05) is 6.04 Å². The van der Waals surface area contributed by atoms with Crippen molar-refractivity contribution in [3.63, 3.8) is 0 Å². The molecule has 0 amide bonds. The van der Waals surface area contributed by atoms with Crippen molar-refractivity contribution in [2.24, 2.45) is 0 Å².